The molecular formula is C16H18N4O2. The lowest BCUT2D eigenvalue weighted by Crippen LogP contribution is -2.41. The number of nitrogens with zero attached hydrogens (tertiary/aromatic N) is 3. The number of rotatable bonds is 3. The Balaban J connectivity index is 1.99. The number of ether oxygens (including phenoxy) is 1. The van der Waals surface area contributed by atoms with Crippen molar-refractivity contribution in [1.82, 2.24) is 14.9 Å². The number of carbonyl (C=O) groups is 1. The Kier molecular flexibility index (Phi) is 4.13. The number of amides is 1. The van der Waals surface area contributed by atoms with Gasteiger partial charge >= 0.3 is 0 Å². The first-order valence-corrected chi connectivity index (χ1v) is 7.21. The monoisotopic (exact) mass is 298 g/mol. The summed E-state index contributed by atoms with van der Waals surface area (Å²) in [5, 5.41) is 0. The lowest BCUT2D eigenvalue weighted by molar-refractivity contribution is 0.0325. The van der Waals surface area contributed by atoms with Crippen LogP contribution in [0.1, 0.15) is 16.1 Å². The summed E-state index contributed by atoms with van der Waals surface area (Å²) in [4.78, 5) is 23.0. The molecule has 2 heterocycles. The largest absolute Gasteiger partial charge is 0.355 e. The Bertz CT molecular complexity index is 689. The SMILES string of the molecule is Cc1cccc(-c2nccnc2C(=O)N2CCOC2CN)c1. The second-order valence-electron chi connectivity index (χ2n) is 5.18. The van der Waals surface area contributed by atoms with Crippen LogP contribution in [0.3, 0.4) is 0 Å². The molecule has 22 heavy (non-hydrogen) atoms. The van der Waals surface area contributed by atoms with Crippen molar-refractivity contribution in [2.75, 3.05) is 19.7 Å². The minimum absolute atomic E-state index is 0.197. The first-order valence-electron chi connectivity index (χ1n) is 7.21. The molecule has 1 atom stereocenters. The summed E-state index contributed by atoms with van der Waals surface area (Å²) in [6.45, 7) is 3.28. The Labute approximate surface area is 128 Å². The van der Waals surface area contributed by atoms with Gasteiger partial charge in [0, 0.05) is 31.0 Å². The van der Waals surface area contributed by atoms with Crippen LogP contribution in [0.25, 0.3) is 11.3 Å². The fraction of sp³-hybridized carbons (Fsp3) is 0.312. The second kappa shape index (κ2) is 6.21. The van der Waals surface area contributed by atoms with E-state index in [2.05, 4.69) is 9.97 Å². The quantitative estimate of drug-likeness (QED) is 0.921. The summed E-state index contributed by atoms with van der Waals surface area (Å²) in [7, 11) is 0. The van der Waals surface area contributed by atoms with Crippen LogP contribution in [0.2, 0.25) is 0 Å². The van der Waals surface area contributed by atoms with Gasteiger partial charge in [0.1, 0.15) is 11.9 Å². The van der Waals surface area contributed by atoms with Gasteiger partial charge in [-0.1, -0.05) is 23.8 Å². The van der Waals surface area contributed by atoms with E-state index in [-0.39, 0.29) is 18.7 Å². The second-order valence-corrected chi connectivity index (χ2v) is 5.18. The van der Waals surface area contributed by atoms with Crippen molar-refractivity contribution in [2.24, 2.45) is 5.73 Å². The number of aryl methyl sites for hydroxylation is 1. The maximum atomic E-state index is 12.8. The van der Waals surface area contributed by atoms with Gasteiger partial charge in [-0.2, -0.15) is 0 Å². The van der Waals surface area contributed by atoms with Gasteiger partial charge in [0.2, 0.25) is 0 Å². The van der Waals surface area contributed by atoms with Gasteiger partial charge in [0.05, 0.1) is 6.61 Å². The zero-order valence-corrected chi connectivity index (χ0v) is 12.4. The first kappa shape index (κ1) is 14.6. The average Bonchev–Trinajstić information content (AvgIpc) is 3.03. The molecule has 0 saturated carbocycles. The number of nitrogens with two attached hydrogens (primary N) is 1. The molecule has 1 amide bonds. The van der Waals surface area contributed by atoms with Gasteiger partial charge in [-0.05, 0) is 13.0 Å². The molecule has 0 spiro atoms. The molecular weight excluding hydrogens is 280 g/mol. The van der Waals surface area contributed by atoms with Gasteiger partial charge in [0.25, 0.3) is 5.91 Å². The van der Waals surface area contributed by atoms with E-state index in [0.717, 1.165) is 11.1 Å². The molecule has 2 aromatic rings. The molecule has 1 unspecified atom stereocenters. The van der Waals surface area contributed by atoms with Gasteiger partial charge in [-0.3, -0.25) is 9.78 Å². The molecule has 2 N–H and O–H groups in total. The van der Waals surface area contributed by atoms with Crippen molar-refractivity contribution in [2.45, 2.75) is 13.2 Å². The highest BCUT2D eigenvalue weighted by Gasteiger charge is 2.31. The van der Waals surface area contributed by atoms with E-state index in [9.17, 15) is 4.79 Å². The number of aromatic nitrogens is 2. The van der Waals surface area contributed by atoms with Crippen molar-refractivity contribution in [3.8, 4) is 11.3 Å². The number of hydrogen-bond acceptors (Lipinski definition) is 5. The predicted octanol–water partition coefficient (Wildman–Crippen LogP) is 1.21. The minimum Gasteiger partial charge on any atom is -0.355 e. The van der Waals surface area contributed by atoms with Crippen LogP contribution >= 0.6 is 0 Å². The maximum absolute atomic E-state index is 12.8. The summed E-state index contributed by atoms with van der Waals surface area (Å²) >= 11 is 0. The summed E-state index contributed by atoms with van der Waals surface area (Å²) in [5.74, 6) is -0.197. The van der Waals surface area contributed by atoms with Crippen LogP contribution in [0.5, 0.6) is 0 Å². The number of benzene rings is 1. The summed E-state index contributed by atoms with van der Waals surface area (Å²) < 4.78 is 5.45. The summed E-state index contributed by atoms with van der Waals surface area (Å²) in [6, 6.07) is 7.85. The Morgan fingerprint density at radius 3 is 3.00 bits per heavy atom. The maximum Gasteiger partial charge on any atom is 0.276 e. The third-order valence-corrected chi connectivity index (χ3v) is 3.64. The molecule has 0 bridgehead atoms. The molecule has 0 radical (unpaired) electrons. The lowest BCUT2D eigenvalue weighted by atomic mass is 10.1. The van der Waals surface area contributed by atoms with Crippen LogP contribution in [-0.4, -0.2) is 46.7 Å². The molecule has 1 aromatic heterocycles. The van der Waals surface area contributed by atoms with Gasteiger partial charge < -0.3 is 15.4 Å². The Morgan fingerprint density at radius 1 is 1.41 bits per heavy atom. The minimum atomic E-state index is -0.389. The molecule has 1 aromatic carbocycles. The van der Waals surface area contributed by atoms with Crippen LogP contribution in [0, 0.1) is 6.92 Å². The normalized spacial score (nSPS) is 17.7. The van der Waals surface area contributed by atoms with Gasteiger partial charge in [0.15, 0.2) is 5.69 Å². The highest BCUT2D eigenvalue weighted by molar-refractivity contribution is 5.98. The van der Waals surface area contributed by atoms with Gasteiger partial charge in [-0.25, -0.2) is 4.98 Å². The first-order chi connectivity index (χ1) is 10.7. The molecule has 114 valence electrons. The molecule has 3 rings (SSSR count). The Morgan fingerprint density at radius 2 is 2.23 bits per heavy atom. The van der Waals surface area contributed by atoms with Crippen LogP contribution in [-0.2, 0) is 4.74 Å². The van der Waals surface area contributed by atoms with Crippen molar-refractivity contribution >= 4 is 5.91 Å². The molecule has 0 aliphatic carbocycles. The molecule has 1 saturated heterocycles. The van der Waals surface area contributed by atoms with E-state index in [1.165, 1.54) is 6.20 Å². The highest BCUT2D eigenvalue weighted by Crippen LogP contribution is 2.23. The number of carbonyl (C=O) groups excluding carboxylic acids is 1. The van der Waals surface area contributed by atoms with Crippen LogP contribution < -0.4 is 5.73 Å². The van der Waals surface area contributed by atoms with Crippen molar-refractivity contribution < 1.29 is 9.53 Å². The number of hydrogen-bond donors (Lipinski definition) is 1. The third-order valence-electron chi connectivity index (χ3n) is 3.64. The Hall–Kier alpha value is -2.31. The zero-order chi connectivity index (χ0) is 15.5. The van der Waals surface area contributed by atoms with Crippen LogP contribution in [0.15, 0.2) is 36.7 Å². The predicted molar refractivity (Wildman–Crippen MR) is 82.0 cm³/mol. The topological polar surface area (TPSA) is 81.3 Å². The fourth-order valence-electron chi connectivity index (χ4n) is 2.58. The lowest BCUT2D eigenvalue weighted by Gasteiger charge is -2.22. The fourth-order valence-corrected chi connectivity index (χ4v) is 2.58. The van der Waals surface area contributed by atoms with Crippen molar-refractivity contribution in [3.63, 3.8) is 0 Å². The summed E-state index contributed by atoms with van der Waals surface area (Å²) in [5.41, 5.74) is 8.55. The van der Waals surface area contributed by atoms with Crippen LogP contribution in [0.4, 0.5) is 0 Å². The van der Waals surface area contributed by atoms with E-state index in [1.54, 1.807) is 11.1 Å². The summed E-state index contributed by atoms with van der Waals surface area (Å²) in [6.07, 6.45) is 2.73. The van der Waals surface area contributed by atoms with E-state index < -0.39 is 0 Å². The zero-order valence-electron chi connectivity index (χ0n) is 12.4. The molecule has 1 fully saturated rings. The molecule has 1 aliphatic rings. The van der Waals surface area contributed by atoms with Crippen molar-refractivity contribution in [3.05, 3.63) is 47.9 Å². The highest BCUT2D eigenvalue weighted by atomic mass is 16.5. The molecule has 6 nitrogen and oxygen atoms in total. The van der Waals surface area contributed by atoms with Crippen molar-refractivity contribution in [1.29, 1.82) is 0 Å². The third kappa shape index (κ3) is 2.70. The van der Waals surface area contributed by atoms with E-state index in [0.29, 0.717) is 24.5 Å². The molecule has 1 aliphatic heterocycles. The average molecular weight is 298 g/mol. The smallest absolute Gasteiger partial charge is 0.276 e. The van der Waals surface area contributed by atoms with E-state index >= 15 is 0 Å². The molecule has 6 heteroatoms. The standard InChI is InChI=1S/C16H18N4O2/c1-11-3-2-4-12(9-11)14-15(19-6-5-18-14)16(21)20-7-8-22-13(20)10-17/h2-6,9,13H,7-8,10,17H2,1H3. The van der Waals surface area contributed by atoms with E-state index in [4.69, 9.17) is 10.5 Å². The van der Waals surface area contributed by atoms with Gasteiger partial charge in [-0.15, -0.1) is 0 Å². The van der Waals surface area contributed by atoms with E-state index in [1.807, 2.05) is 31.2 Å².